The Morgan fingerprint density at radius 1 is 1.00 bits per heavy atom. The number of aliphatic hydroxyl groups excluding tert-OH is 1. The summed E-state index contributed by atoms with van der Waals surface area (Å²) in [6.45, 7) is 18.6. The summed E-state index contributed by atoms with van der Waals surface area (Å²) < 4.78 is 0. The quantitative estimate of drug-likeness (QED) is 0.120. The van der Waals surface area contributed by atoms with Gasteiger partial charge < -0.3 is 10.1 Å². The van der Waals surface area contributed by atoms with Crippen LogP contribution < -0.4 is 0 Å². The fourth-order valence-corrected chi connectivity index (χ4v) is 5.13. The zero-order chi connectivity index (χ0) is 31.4. The summed E-state index contributed by atoms with van der Waals surface area (Å²) in [5, 5.41) is 18.9. The molecule has 1 N–H and O–H groups in total. The molecule has 3 rings (SSSR count). The van der Waals surface area contributed by atoms with Gasteiger partial charge in [0.25, 0.3) is 0 Å². The summed E-state index contributed by atoms with van der Waals surface area (Å²) in [6.07, 6.45) is 7.59. The van der Waals surface area contributed by atoms with Crippen molar-refractivity contribution >= 4 is 5.78 Å². The minimum Gasteiger partial charge on any atom is -0.512 e. The molecular formula is C37H48IrN3O2-. The Labute approximate surface area is 273 Å². The van der Waals surface area contributed by atoms with Gasteiger partial charge in [-0.1, -0.05) is 61.5 Å². The van der Waals surface area contributed by atoms with Crippen LogP contribution in [0.15, 0.2) is 48.4 Å². The molecule has 2 aromatic carbocycles. The number of ketones is 1. The second-order valence-electron chi connectivity index (χ2n) is 11.5. The van der Waals surface area contributed by atoms with E-state index in [-0.39, 0.29) is 43.5 Å². The molecular weight excluding hydrogens is 711 g/mol. The number of rotatable bonds is 11. The van der Waals surface area contributed by atoms with Crippen LogP contribution in [-0.4, -0.2) is 20.9 Å². The molecule has 6 heteroatoms. The van der Waals surface area contributed by atoms with E-state index in [1.807, 2.05) is 59.0 Å². The summed E-state index contributed by atoms with van der Waals surface area (Å²) in [6, 6.07) is 15.5. The molecule has 0 saturated heterocycles. The number of nitriles is 1. The first-order chi connectivity index (χ1) is 20.0. The van der Waals surface area contributed by atoms with E-state index in [4.69, 9.17) is 15.2 Å². The number of aromatic nitrogens is 2. The first-order valence-electron chi connectivity index (χ1n) is 15.3. The summed E-state index contributed by atoms with van der Waals surface area (Å²) in [7, 11) is 0. The monoisotopic (exact) mass is 759 g/mol. The van der Waals surface area contributed by atoms with Crippen molar-refractivity contribution in [2.45, 2.75) is 94.4 Å². The Kier molecular flexibility index (Phi) is 16.3. The number of aliphatic hydroxyl groups is 1. The van der Waals surface area contributed by atoms with Crippen LogP contribution in [0.1, 0.15) is 95.2 Å². The van der Waals surface area contributed by atoms with Gasteiger partial charge in [0, 0.05) is 61.2 Å². The van der Waals surface area contributed by atoms with E-state index < -0.39 is 0 Å². The van der Waals surface area contributed by atoms with Gasteiger partial charge in [-0.05, 0) is 62.6 Å². The van der Waals surface area contributed by atoms with Gasteiger partial charge >= 0.3 is 0 Å². The molecule has 0 amide bonds. The van der Waals surface area contributed by atoms with Crippen molar-refractivity contribution in [3.05, 3.63) is 82.4 Å². The van der Waals surface area contributed by atoms with Crippen molar-refractivity contribution < 1.29 is 30.0 Å². The van der Waals surface area contributed by atoms with Crippen LogP contribution in [0.25, 0.3) is 22.5 Å². The zero-order valence-corrected chi connectivity index (χ0v) is 29.7. The standard InChI is InChI=1S/C24H24N3.C13H24O2.Ir/c1-15(2)8-22-24(20-10-16(3)9-17(4)11-20)26-14-23(27-22)21-7-6-19(13-25)12-18(21)5;1-5-10(6-2)12(14)9-13(15)11(7-3)8-4;/h6-7,9-10,12,14-15H,8H2,1-5H3;9-11,14H,5-8H2,1-4H3;/q-1;;/b;12-9-;. The van der Waals surface area contributed by atoms with E-state index in [1.54, 1.807) is 0 Å². The van der Waals surface area contributed by atoms with Gasteiger partial charge in [0.05, 0.1) is 23.1 Å². The number of hydrogen-bond acceptors (Lipinski definition) is 5. The third-order valence-electron chi connectivity index (χ3n) is 7.56. The Morgan fingerprint density at radius 3 is 2.14 bits per heavy atom. The van der Waals surface area contributed by atoms with E-state index in [2.05, 4.69) is 52.0 Å². The number of allylic oxidation sites excluding steroid dienone is 2. The smallest absolute Gasteiger partial charge is 0.162 e. The fourth-order valence-electron chi connectivity index (χ4n) is 5.13. The van der Waals surface area contributed by atoms with Crippen molar-refractivity contribution in [3.63, 3.8) is 0 Å². The van der Waals surface area contributed by atoms with Gasteiger partial charge in [0.1, 0.15) is 0 Å². The predicted molar refractivity (Wildman–Crippen MR) is 173 cm³/mol. The predicted octanol–water partition coefficient (Wildman–Crippen LogP) is 9.47. The normalized spacial score (nSPS) is 11.2. The maximum atomic E-state index is 11.7. The number of carbonyl (C=O) groups excluding carboxylic acids is 1. The summed E-state index contributed by atoms with van der Waals surface area (Å²) in [5.41, 5.74) is 8.76. The molecule has 0 aliphatic heterocycles. The maximum Gasteiger partial charge on any atom is 0.162 e. The molecule has 0 saturated carbocycles. The zero-order valence-electron chi connectivity index (χ0n) is 27.3. The second-order valence-corrected chi connectivity index (χ2v) is 11.5. The Balaban J connectivity index is 0.000000497. The molecule has 0 unspecified atom stereocenters. The third-order valence-corrected chi connectivity index (χ3v) is 7.56. The van der Waals surface area contributed by atoms with Gasteiger partial charge in [0.2, 0.25) is 0 Å². The molecule has 0 fully saturated rings. The SMILES string of the molecule is CCC(CC)C(=O)/C=C(\O)C(CC)CC.Cc1[c-]c(-c2ncc(-c3ccc(C#N)cc3C)nc2CC(C)C)cc(C)c1.[Ir]. The van der Waals surface area contributed by atoms with Crippen LogP contribution in [0.3, 0.4) is 0 Å². The largest absolute Gasteiger partial charge is 0.512 e. The number of hydrogen-bond donors (Lipinski definition) is 1. The van der Waals surface area contributed by atoms with Crippen molar-refractivity contribution in [3.8, 4) is 28.6 Å². The molecule has 5 nitrogen and oxygen atoms in total. The molecule has 0 aliphatic rings. The molecule has 0 bridgehead atoms. The summed E-state index contributed by atoms with van der Waals surface area (Å²) in [5.74, 6) is 1.02. The van der Waals surface area contributed by atoms with Crippen LogP contribution in [0.2, 0.25) is 0 Å². The molecule has 0 atom stereocenters. The van der Waals surface area contributed by atoms with E-state index in [1.165, 1.54) is 11.6 Å². The number of benzene rings is 2. The Hall–Kier alpha value is -3.13. The van der Waals surface area contributed by atoms with Crippen LogP contribution in [0, 0.1) is 55.9 Å². The fraction of sp³-hybridized carbons (Fsp3) is 0.459. The molecule has 43 heavy (non-hydrogen) atoms. The topological polar surface area (TPSA) is 86.9 Å². The summed E-state index contributed by atoms with van der Waals surface area (Å²) >= 11 is 0. The first-order valence-corrected chi connectivity index (χ1v) is 15.3. The van der Waals surface area contributed by atoms with Crippen molar-refractivity contribution in [2.75, 3.05) is 0 Å². The third kappa shape index (κ3) is 11.1. The molecule has 0 spiro atoms. The minimum atomic E-state index is 0. The summed E-state index contributed by atoms with van der Waals surface area (Å²) in [4.78, 5) is 21.5. The second kappa shape index (κ2) is 18.5. The molecule has 0 aliphatic carbocycles. The average molecular weight is 759 g/mol. The van der Waals surface area contributed by atoms with Gasteiger partial charge in [-0.3, -0.25) is 9.78 Å². The number of carbonyl (C=O) groups is 1. The maximum absolute atomic E-state index is 11.7. The molecule has 233 valence electrons. The molecule has 1 radical (unpaired) electrons. The van der Waals surface area contributed by atoms with Crippen LogP contribution in [-0.2, 0) is 31.3 Å². The van der Waals surface area contributed by atoms with Gasteiger partial charge in [-0.2, -0.15) is 5.26 Å². The molecule has 1 heterocycles. The van der Waals surface area contributed by atoms with Crippen molar-refractivity contribution in [1.29, 1.82) is 5.26 Å². The van der Waals surface area contributed by atoms with Crippen LogP contribution in [0.5, 0.6) is 0 Å². The number of aryl methyl sites for hydroxylation is 3. The van der Waals surface area contributed by atoms with E-state index >= 15 is 0 Å². The van der Waals surface area contributed by atoms with Crippen LogP contribution >= 0.6 is 0 Å². The van der Waals surface area contributed by atoms with Crippen molar-refractivity contribution in [1.82, 2.24) is 9.97 Å². The van der Waals surface area contributed by atoms with E-state index in [9.17, 15) is 9.90 Å². The average Bonchev–Trinajstić information content (AvgIpc) is 2.93. The minimum absolute atomic E-state index is 0. The first kappa shape index (κ1) is 37.9. The van der Waals surface area contributed by atoms with Gasteiger partial charge in [-0.25, -0.2) is 0 Å². The van der Waals surface area contributed by atoms with Gasteiger partial charge in [-0.15, -0.1) is 34.9 Å². The molecule has 3 aromatic rings. The van der Waals surface area contributed by atoms with Crippen molar-refractivity contribution in [2.24, 2.45) is 17.8 Å². The molecule has 1 aromatic heterocycles. The number of nitrogens with zero attached hydrogens (tertiary/aromatic N) is 3. The van der Waals surface area contributed by atoms with E-state index in [0.29, 0.717) is 11.5 Å². The van der Waals surface area contributed by atoms with Gasteiger partial charge in [0.15, 0.2) is 5.78 Å². The Bertz CT molecular complexity index is 1390. The van der Waals surface area contributed by atoms with Crippen LogP contribution in [0.4, 0.5) is 0 Å². The van der Waals surface area contributed by atoms with E-state index in [0.717, 1.165) is 71.4 Å². The Morgan fingerprint density at radius 2 is 1.63 bits per heavy atom.